The molecule has 0 heterocycles. The normalized spacial score (nSPS) is 4.50. The summed E-state index contributed by atoms with van der Waals surface area (Å²) in [6, 6.07) is 0. The van der Waals surface area contributed by atoms with E-state index in [-0.39, 0.29) is 56.5 Å². The summed E-state index contributed by atoms with van der Waals surface area (Å²) in [5.41, 5.74) is 0. The smallest absolute Gasteiger partial charge is 0.855 e. The van der Waals surface area contributed by atoms with Crippen LogP contribution in [0.5, 0.6) is 0 Å². The van der Waals surface area contributed by atoms with Crippen LogP contribution in [0, 0.1) is 49.9 Å². The summed E-state index contributed by atoms with van der Waals surface area (Å²) in [6.45, 7) is 1.57. The topological polar surface area (TPSA) is 23.1 Å². The summed E-state index contributed by atoms with van der Waals surface area (Å²) in [6.07, 6.45) is 0. The molecule has 20 valence electrons. The van der Waals surface area contributed by atoms with E-state index in [1.54, 1.807) is 6.92 Å². The third-order valence-corrected chi connectivity index (χ3v) is 0. The van der Waals surface area contributed by atoms with Gasteiger partial charge in [0.15, 0.2) is 0 Å². The standard InChI is InChI=1S/C2H5O.Fr/c1-2-3;/h2H2,1H3;/q-1;+1. The molecule has 0 spiro atoms. The molecule has 0 aliphatic heterocycles. The van der Waals surface area contributed by atoms with E-state index < -0.39 is 0 Å². The van der Waals surface area contributed by atoms with E-state index in [0.29, 0.717) is 0 Å². The van der Waals surface area contributed by atoms with Crippen molar-refractivity contribution in [3.63, 3.8) is 0 Å². The summed E-state index contributed by atoms with van der Waals surface area (Å²) in [5.74, 6) is 0. The fourth-order valence-electron chi connectivity index (χ4n) is 0. The molecule has 0 aromatic heterocycles. The van der Waals surface area contributed by atoms with Crippen LogP contribution in [0.4, 0.5) is 0 Å². The molecule has 0 saturated carbocycles. The number of hydrogen-bond donors (Lipinski definition) is 0. The van der Waals surface area contributed by atoms with Gasteiger partial charge >= 0.3 is 49.9 Å². The second-order valence-corrected chi connectivity index (χ2v) is 0.289. The molecule has 0 aliphatic rings. The van der Waals surface area contributed by atoms with E-state index in [1.807, 2.05) is 0 Å². The molecule has 4 heavy (non-hydrogen) atoms. The van der Waals surface area contributed by atoms with Crippen LogP contribution >= 0.6 is 0 Å². The first-order chi connectivity index (χ1) is 1.41. The SMILES string of the molecule is CC[O-].[Fr+]. The largest absolute Gasteiger partial charge is 1.00 e. The molecule has 2 heteroatoms. The van der Waals surface area contributed by atoms with E-state index in [2.05, 4.69) is 0 Å². The molecule has 0 aromatic rings. The van der Waals surface area contributed by atoms with E-state index in [4.69, 9.17) is 5.11 Å². The summed E-state index contributed by atoms with van der Waals surface area (Å²) in [4.78, 5) is 0. The predicted molar refractivity (Wildman–Crippen MR) is 10.5 cm³/mol. The molecular formula is C2H5FrO. The molecule has 0 saturated heterocycles. The summed E-state index contributed by atoms with van der Waals surface area (Å²) >= 11 is 0. The van der Waals surface area contributed by atoms with Gasteiger partial charge in [-0.05, 0) is 0 Å². The van der Waals surface area contributed by atoms with Crippen molar-refractivity contribution < 1.29 is 55.0 Å². The van der Waals surface area contributed by atoms with Gasteiger partial charge in [0.05, 0.1) is 0 Å². The van der Waals surface area contributed by atoms with Gasteiger partial charge in [-0.2, -0.15) is 0 Å². The Balaban J connectivity index is 0. The van der Waals surface area contributed by atoms with E-state index in [1.165, 1.54) is 0 Å². The summed E-state index contributed by atoms with van der Waals surface area (Å²) < 4.78 is 0. The molecule has 0 aliphatic carbocycles. The Labute approximate surface area is 67.4 Å². The Hall–Kier alpha value is 1.56. The van der Waals surface area contributed by atoms with Crippen molar-refractivity contribution in [3.05, 3.63) is 0 Å². The zero-order valence-electron chi connectivity index (χ0n) is 3.12. The fraction of sp³-hybridized carbons (Fsp3) is 1.00. The monoisotopic (exact) mass is 268 g/mol. The average molecular weight is 268 g/mol. The zero-order chi connectivity index (χ0) is 2.71. The molecule has 0 fully saturated rings. The molecule has 0 aromatic carbocycles. The van der Waals surface area contributed by atoms with Crippen molar-refractivity contribution in [3.8, 4) is 0 Å². The quantitative estimate of drug-likeness (QED) is 0.573. The second-order valence-electron chi connectivity index (χ2n) is 0.289. The Morgan fingerprint density at radius 1 is 1.75 bits per heavy atom. The van der Waals surface area contributed by atoms with E-state index in [0.717, 1.165) is 0 Å². The Kier molecular flexibility index (Phi) is 20.1. The summed E-state index contributed by atoms with van der Waals surface area (Å²) in [5, 5.41) is 8.93. The molecule has 1 nitrogen and oxygen atoms in total. The Morgan fingerprint density at radius 3 is 1.75 bits per heavy atom. The maximum Gasteiger partial charge on any atom is 1.00 e. The number of rotatable bonds is 0. The molecule has 0 bridgehead atoms. The van der Waals surface area contributed by atoms with Crippen LogP contribution in [-0.2, 0) is 0 Å². The first-order valence-corrected chi connectivity index (χ1v) is 0.996. The summed E-state index contributed by atoms with van der Waals surface area (Å²) in [7, 11) is 0. The minimum atomic E-state index is 0. The molecule has 0 radical (unpaired) electrons. The van der Waals surface area contributed by atoms with E-state index in [9.17, 15) is 0 Å². The van der Waals surface area contributed by atoms with Crippen LogP contribution in [0.15, 0.2) is 0 Å². The van der Waals surface area contributed by atoms with Crippen LogP contribution in [0.2, 0.25) is 0 Å². The van der Waals surface area contributed by atoms with Gasteiger partial charge in [-0.3, -0.25) is 0 Å². The zero-order valence-corrected chi connectivity index (χ0v) is 11.3. The first-order valence-electron chi connectivity index (χ1n) is 0.996. The van der Waals surface area contributed by atoms with Crippen molar-refractivity contribution in [2.45, 2.75) is 6.92 Å². The van der Waals surface area contributed by atoms with Crippen molar-refractivity contribution in [1.82, 2.24) is 0 Å². The average Bonchev–Trinajstić information content (AvgIpc) is 0.918. The Morgan fingerprint density at radius 2 is 1.75 bits per heavy atom. The van der Waals surface area contributed by atoms with Gasteiger partial charge in [-0.15, -0.1) is 6.61 Å². The van der Waals surface area contributed by atoms with Crippen molar-refractivity contribution >= 4 is 0 Å². The van der Waals surface area contributed by atoms with Gasteiger partial charge in [0.25, 0.3) is 0 Å². The minimum absolute atomic E-state index is 0. The molecule has 0 amide bonds. The Bertz CT molecular complexity index is 6.00. The molecule has 0 unspecified atom stereocenters. The van der Waals surface area contributed by atoms with Gasteiger partial charge in [0.2, 0.25) is 0 Å². The van der Waals surface area contributed by atoms with Crippen LogP contribution in [-0.4, -0.2) is 6.61 Å². The van der Waals surface area contributed by atoms with Crippen LogP contribution < -0.4 is 5.11 Å². The first kappa shape index (κ1) is 9.12. The van der Waals surface area contributed by atoms with Crippen LogP contribution in [0.3, 0.4) is 0 Å². The second kappa shape index (κ2) is 8.82. The van der Waals surface area contributed by atoms with Crippen molar-refractivity contribution in [1.29, 1.82) is 0 Å². The molecule has 0 N–H and O–H groups in total. The van der Waals surface area contributed by atoms with Crippen molar-refractivity contribution in [2.75, 3.05) is 6.61 Å². The van der Waals surface area contributed by atoms with Crippen LogP contribution in [0.25, 0.3) is 0 Å². The van der Waals surface area contributed by atoms with Gasteiger partial charge in [-0.1, -0.05) is 6.92 Å². The predicted octanol–water partition coefficient (Wildman–Crippen LogP) is -0.633. The van der Waals surface area contributed by atoms with Crippen molar-refractivity contribution in [2.24, 2.45) is 0 Å². The maximum atomic E-state index is 8.93. The minimum Gasteiger partial charge on any atom is -0.855 e. The van der Waals surface area contributed by atoms with Gasteiger partial charge < -0.3 is 5.11 Å². The van der Waals surface area contributed by atoms with Gasteiger partial charge in [0, 0.05) is 0 Å². The molecule has 0 atom stereocenters. The number of hydrogen-bond acceptors (Lipinski definition) is 1. The maximum absolute atomic E-state index is 8.93. The van der Waals surface area contributed by atoms with Gasteiger partial charge in [-0.25, -0.2) is 0 Å². The fourth-order valence-corrected chi connectivity index (χ4v) is 0. The van der Waals surface area contributed by atoms with E-state index >= 15 is 0 Å². The van der Waals surface area contributed by atoms with Crippen LogP contribution in [0.1, 0.15) is 6.92 Å². The van der Waals surface area contributed by atoms with Gasteiger partial charge in [0.1, 0.15) is 0 Å². The molecule has 0 rings (SSSR count). The third kappa shape index (κ3) is 9.59. The third-order valence-electron chi connectivity index (χ3n) is 0. The molecular weight excluding hydrogens is 263 g/mol.